The van der Waals surface area contributed by atoms with Gasteiger partial charge in [0, 0.05) is 36.1 Å². The van der Waals surface area contributed by atoms with Gasteiger partial charge in [-0.25, -0.2) is 4.98 Å². The third kappa shape index (κ3) is 4.14. The predicted octanol–water partition coefficient (Wildman–Crippen LogP) is 4.45. The normalized spacial score (nSPS) is 11.7. The van der Waals surface area contributed by atoms with Crippen molar-refractivity contribution in [1.29, 1.82) is 0 Å². The Hall–Kier alpha value is -3.20. The van der Waals surface area contributed by atoms with Gasteiger partial charge in [-0.2, -0.15) is 13.2 Å². The molecule has 0 unspecified atom stereocenters. The van der Waals surface area contributed by atoms with Crippen molar-refractivity contribution in [2.75, 3.05) is 6.54 Å². The second kappa shape index (κ2) is 7.67. The third-order valence-corrected chi connectivity index (χ3v) is 5.22. The van der Waals surface area contributed by atoms with Crippen LogP contribution in [0.15, 0.2) is 60.4 Å². The van der Waals surface area contributed by atoms with Gasteiger partial charge in [-0.15, -0.1) is 11.3 Å². The van der Waals surface area contributed by atoms with E-state index in [9.17, 15) is 18.0 Å². The number of carbonyl (C=O) groups is 1. The number of nitrogens with one attached hydrogen (secondary N) is 1. The molecule has 0 bridgehead atoms. The second-order valence-corrected chi connectivity index (χ2v) is 7.18. The number of nitrogens with zero attached hydrogens (tertiary/aromatic N) is 3. The van der Waals surface area contributed by atoms with Crippen LogP contribution in [0, 0.1) is 0 Å². The van der Waals surface area contributed by atoms with Gasteiger partial charge in [-0.1, -0.05) is 12.1 Å². The predicted molar refractivity (Wildman–Crippen MR) is 104 cm³/mol. The number of thiazole rings is 1. The number of hydrogen-bond donors (Lipinski definition) is 1. The smallest absolute Gasteiger partial charge is 0.350 e. The van der Waals surface area contributed by atoms with E-state index in [1.807, 2.05) is 12.1 Å². The van der Waals surface area contributed by atoms with Gasteiger partial charge in [0.25, 0.3) is 5.91 Å². The van der Waals surface area contributed by atoms with E-state index in [0.29, 0.717) is 34.9 Å². The Morgan fingerprint density at radius 2 is 1.97 bits per heavy atom. The lowest BCUT2D eigenvalue weighted by atomic mass is 10.1. The molecule has 1 N–H and O–H groups in total. The maximum atomic E-state index is 13.0. The molecule has 148 valence electrons. The van der Waals surface area contributed by atoms with Crippen LogP contribution in [0.1, 0.15) is 21.6 Å². The van der Waals surface area contributed by atoms with Gasteiger partial charge < -0.3 is 5.32 Å². The summed E-state index contributed by atoms with van der Waals surface area (Å²) in [6.07, 6.45) is 1.22. The number of amides is 1. The molecular weight excluding hydrogens is 401 g/mol. The standard InChI is InChI=1S/C20H15F3N4OS/c21-20(22,23)15-3-1-2-14(10-15)16-11-27-17(12-29-19(27)26-16)18(28)25-9-6-13-4-7-24-8-5-13/h1-5,7-8,10-12H,6,9H2,(H,25,28). The molecule has 1 amide bonds. The quantitative estimate of drug-likeness (QED) is 0.523. The molecule has 0 saturated heterocycles. The van der Waals surface area contributed by atoms with Crippen LogP contribution in [0.25, 0.3) is 16.2 Å². The molecule has 0 saturated carbocycles. The van der Waals surface area contributed by atoms with Gasteiger partial charge in [-0.3, -0.25) is 14.2 Å². The molecule has 0 aliphatic rings. The summed E-state index contributed by atoms with van der Waals surface area (Å²) >= 11 is 1.26. The zero-order valence-electron chi connectivity index (χ0n) is 15.0. The second-order valence-electron chi connectivity index (χ2n) is 6.34. The Kier molecular flexibility index (Phi) is 5.06. The van der Waals surface area contributed by atoms with Crippen LogP contribution < -0.4 is 5.32 Å². The number of benzene rings is 1. The number of imidazole rings is 1. The highest BCUT2D eigenvalue weighted by Gasteiger charge is 2.30. The van der Waals surface area contributed by atoms with Gasteiger partial charge in [0.15, 0.2) is 4.96 Å². The molecule has 0 fully saturated rings. The minimum atomic E-state index is -4.42. The van der Waals surface area contributed by atoms with E-state index in [4.69, 9.17) is 0 Å². The Bertz CT molecular complexity index is 1150. The van der Waals surface area contributed by atoms with Crippen molar-refractivity contribution < 1.29 is 18.0 Å². The van der Waals surface area contributed by atoms with Crippen molar-refractivity contribution in [3.05, 3.63) is 77.2 Å². The van der Waals surface area contributed by atoms with Gasteiger partial charge in [0.1, 0.15) is 5.69 Å². The Balaban J connectivity index is 1.52. The zero-order valence-corrected chi connectivity index (χ0v) is 15.8. The highest BCUT2D eigenvalue weighted by Crippen LogP contribution is 2.32. The first-order chi connectivity index (χ1) is 13.9. The van der Waals surface area contributed by atoms with Crippen molar-refractivity contribution in [1.82, 2.24) is 19.7 Å². The van der Waals surface area contributed by atoms with Gasteiger partial charge in [0.05, 0.1) is 11.3 Å². The fourth-order valence-corrected chi connectivity index (χ4v) is 3.75. The van der Waals surface area contributed by atoms with Crippen LogP contribution in [-0.2, 0) is 12.6 Å². The van der Waals surface area contributed by atoms with Crippen molar-refractivity contribution in [3.63, 3.8) is 0 Å². The SMILES string of the molecule is O=C(NCCc1ccncc1)c1csc2nc(-c3cccc(C(F)(F)F)c3)cn12. The number of alkyl halides is 3. The van der Waals surface area contributed by atoms with E-state index >= 15 is 0 Å². The first-order valence-electron chi connectivity index (χ1n) is 8.73. The average molecular weight is 416 g/mol. The number of pyridine rings is 1. The summed E-state index contributed by atoms with van der Waals surface area (Å²) in [5.41, 5.74) is 1.45. The van der Waals surface area contributed by atoms with Crippen molar-refractivity contribution >= 4 is 22.2 Å². The minimum Gasteiger partial charge on any atom is -0.350 e. The van der Waals surface area contributed by atoms with Gasteiger partial charge in [-0.05, 0) is 36.2 Å². The average Bonchev–Trinajstić information content (AvgIpc) is 3.29. The summed E-state index contributed by atoms with van der Waals surface area (Å²) in [7, 11) is 0. The van der Waals surface area contributed by atoms with Gasteiger partial charge in [0.2, 0.25) is 0 Å². The van der Waals surface area contributed by atoms with Crippen molar-refractivity contribution in [2.24, 2.45) is 0 Å². The van der Waals surface area contributed by atoms with Crippen LogP contribution in [0.5, 0.6) is 0 Å². The Labute approximate surface area is 167 Å². The lowest BCUT2D eigenvalue weighted by Crippen LogP contribution is -2.26. The number of halogens is 3. The summed E-state index contributed by atoms with van der Waals surface area (Å²) in [5, 5.41) is 4.53. The summed E-state index contributed by atoms with van der Waals surface area (Å²) in [6.45, 7) is 0.454. The third-order valence-electron chi connectivity index (χ3n) is 4.38. The Morgan fingerprint density at radius 3 is 2.72 bits per heavy atom. The molecule has 1 aromatic carbocycles. The van der Waals surface area contributed by atoms with E-state index in [2.05, 4.69) is 15.3 Å². The summed E-state index contributed by atoms with van der Waals surface area (Å²) < 4.78 is 40.5. The molecule has 4 aromatic rings. The topological polar surface area (TPSA) is 59.3 Å². The summed E-state index contributed by atoms with van der Waals surface area (Å²) in [4.78, 5) is 21.4. The molecule has 0 atom stereocenters. The molecule has 3 heterocycles. The summed E-state index contributed by atoms with van der Waals surface area (Å²) in [6, 6.07) is 8.75. The molecular formula is C20H15F3N4OS. The molecule has 0 aliphatic heterocycles. The lowest BCUT2D eigenvalue weighted by Gasteiger charge is -2.07. The molecule has 0 spiro atoms. The van der Waals surface area contributed by atoms with E-state index in [0.717, 1.165) is 17.7 Å². The lowest BCUT2D eigenvalue weighted by molar-refractivity contribution is -0.137. The monoisotopic (exact) mass is 416 g/mol. The first kappa shape index (κ1) is 19.1. The first-order valence-corrected chi connectivity index (χ1v) is 9.61. The van der Waals surface area contributed by atoms with E-state index < -0.39 is 11.7 Å². The highest BCUT2D eigenvalue weighted by molar-refractivity contribution is 7.15. The maximum absolute atomic E-state index is 13.0. The van der Waals surface area contributed by atoms with E-state index in [1.165, 1.54) is 17.4 Å². The number of hydrogen-bond acceptors (Lipinski definition) is 4. The van der Waals surface area contributed by atoms with E-state index in [1.54, 1.807) is 34.4 Å². The van der Waals surface area contributed by atoms with Crippen molar-refractivity contribution in [2.45, 2.75) is 12.6 Å². The minimum absolute atomic E-state index is 0.265. The fourth-order valence-electron chi connectivity index (χ4n) is 2.90. The van der Waals surface area contributed by atoms with Crippen LogP contribution in [0.4, 0.5) is 13.2 Å². The van der Waals surface area contributed by atoms with Crippen LogP contribution in [0.3, 0.4) is 0 Å². The van der Waals surface area contributed by atoms with Crippen LogP contribution in [0.2, 0.25) is 0 Å². The molecule has 3 aromatic heterocycles. The maximum Gasteiger partial charge on any atom is 0.416 e. The molecule has 29 heavy (non-hydrogen) atoms. The summed E-state index contributed by atoms with van der Waals surface area (Å²) in [5.74, 6) is -0.265. The number of carbonyl (C=O) groups excluding carboxylic acids is 1. The van der Waals surface area contributed by atoms with Crippen LogP contribution in [-0.4, -0.2) is 26.8 Å². The largest absolute Gasteiger partial charge is 0.416 e. The number of fused-ring (bicyclic) bond motifs is 1. The molecule has 4 rings (SSSR count). The number of aromatic nitrogens is 3. The van der Waals surface area contributed by atoms with Crippen LogP contribution >= 0.6 is 11.3 Å². The van der Waals surface area contributed by atoms with Gasteiger partial charge >= 0.3 is 6.18 Å². The fraction of sp³-hybridized carbons (Fsp3) is 0.150. The van der Waals surface area contributed by atoms with Crippen molar-refractivity contribution in [3.8, 4) is 11.3 Å². The molecule has 0 aliphatic carbocycles. The zero-order chi connectivity index (χ0) is 20.4. The molecule has 0 radical (unpaired) electrons. The van der Waals surface area contributed by atoms with E-state index in [-0.39, 0.29) is 5.91 Å². The molecule has 9 heteroatoms. The Morgan fingerprint density at radius 1 is 1.17 bits per heavy atom. The molecule has 5 nitrogen and oxygen atoms in total. The number of rotatable bonds is 5. The highest BCUT2D eigenvalue weighted by atomic mass is 32.1.